The molecule has 1 heterocycles. The third-order valence-corrected chi connectivity index (χ3v) is 7.78. The van der Waals surface area contributed by atoms with Crippen molar-refractivity contribution in [2.45, 2.75) is 45.0 Å². The van der Waals surface area contributed by atoms with Crippen LogP contribution in [0, 0.1) is 46.6 Å². The normalized spacial score (nSPS) is 16.9. The maximum absolute atomic E-state index is 15.1. The summed E-state index contributed by atoms with van der Waals surface area (Å²) >= 11 is 0. The highest BCUT2D eigenvalue weighted by atomic mass is 19.3. The average molecular weight is 681 g/mol. The summed E-state index contributed by atoms with van der Waals surface area (Å²) in [4.78, 5) is 0. The monoisotopic (exact) mass is 680 g/mol. The third kappa shape index (κ3) is 8.04. The lowest BCUT2D eigenvalue weighted by atomic mass is 10.00. The first-order valence-electron chi connectivity index (χ1n) is 15.1. The van der Waals surface area contributed by atoms with Gasteiger partial charge in [0.15, 0.2) is 23.7 Å². The summed E-state index contributed by atoms with van der Waals surface area (Å²) in [5.41, 5.74) is -1.76. The van der Waals surface area contributed by atoms with E-state index in [4.69, 9.17) is 9.47 Å². The summed E-state index contributed by atoms with van der Waals surface area (Å²) in [6.45, 7) is 3.17. The molecule has 5 rings (SSSR count). The molecule has 0 unspecified atom stereocenters. The second-order valence-corrected chi connectivity index (χ2v) is 11.3. The van der Waals surface area contributed by atoms with Crippen molar-refractivity contribution in [1.29, 1.82) is 0 Å². The first kappa shape index (κ1) is 35.0. The topological polar surface area (TPSA) is 27.7 Å². The molecule has 48 heavy (non-hydrogen) atoms. The predicted octanol–water partition coefficient (Wildman–Crippen LogP) is 10.9. The number of benzene rings is 4. The Morgan fingerprint density at radius 1 is 0.729 bits per heavy atom. The Morgan fingerprint density at radius 2 is 1.40 bits per heavy atom. The third-order valence-electron chi connectivity index (χ3n) is 7.78. The number of hydrogen-bond donors (Lipinski definition) is 0. The summed E-state index contributed by atoms with van der Waals surface area (Å²) in [5, 5.41) is 0. The SMILES string of the molecule is CCCCCC1COC(c2ccc(C=Cc3ccc(-c4cc(F)c(C(F)(F)Oc5cc(F)c(F)c(F)c5)c(F)c4)c(F)c3)c(F)c2)OC1. The van der Waals surface area contributed by atoms with E-state index in [2.05, 4.69) is 11.7 Å². The van der Waals surface area contributed by atoms with Crippen LogP contribution in [0.25, 0.3) is 23.3 Å². The molecule has 1 fully saturated rings. The second-order valence-electron chi connectivity index (χ2n) is 11.3. The number of halogens is 9. The molecule has 0 saturated carbocycles. The molecule has 12 heteroatoms. The predicted molar refractivity (Wildman–Crippen MR) is 160 cm³/mol. The summed E-state index contributed by atoms with van der Waals surface area (Å²) in [6, 6.07) is 8.99. The van der Waals surface area contributed by atoms with E-state index in [1.165, 1.54) is 30.4 Å². The van der Waals surface area contributed by atoms with Crippen LogP contribution < -0.4 is 4.74 Å². The minimum atomic E-state index is -4.79. The molecule has 1 saturated heterocycles. The number of rotatable bonds is 11. The number of alkyl halides is 2. The van der Waals surface area contributed by atoms with E-state index >= 15 is 4.39 Å². The van der Waals surface area contributed by atoms with E-state index in [9.17, 15) is 35.1 Å². The lowest BCUT2D eigenvalue weighted by Crippen LogP contribution is -2.27. The van der Waals surface area contributed by atoms with Gasteiger partial charge in [-0.25, -0.2) is 30.7 Å². The summed E-state index contributed by atoms with van der Waals surface area (Å²) in [7, 11) is 0. The molecule has 0 amide bonds. The van der Waals surface area contributed by atoms with Crippen molar-refractivity contribution in [2.24, 2.45) is 5.92 Å². The molecule has 4 aromatic carbocycles. The molecule has 3 nitrogen and oxygen atoms in total. The molecule has 0 aromatic heterocycles. The summed E-state index contributed by atoms with van der Waals surface area (Å²) < 4.78 is 145. The van der Waals surface area contributed by atoms with Crippen LogP contribution in [0.4, 0.5) is 39.5 Å². The number of ether oxygens (including phenoxy) is 3. The van der Waals surface area contributed by atoms with Crippen LogP contribution in [-0.4, -0.2) is 13.2 Å². The van der Waals surface area contributed by atoms with E-state index in [-0.39, 0.29) is 28.8 Å². The molecule has 0 spiro atoms. The fourth-order valence-corrected chi connectivity index (χ4v) is 5.26. The van der Waals surface area contributed by atoms with Gasteiger partial charge in [-0.1, -0.05) is 62.6 Å². The fraction of sp³-hybridized carbons (Fsp3) is 0.278. The Bertz CT molecular complexity index is 1750. The van der Waals surface area contributed by atoms with Crippen molar-refractivity contribution in [3.8, 4) is 16.9 Å². The minimum Gasteiger partial charge on any atom is -0.429 e. The zero-order valence-electron chi connectivity index (χ0n) is 25.5. The lowest BCUT2D eigenvalue weighted by Gasteiger charge is -2.29. The Labute approximate surface area is 270 Å². The van der Waals surface area contributed by atoms with Gasteiger partial charge in [-0.2, -0.15) is 8.78 Å². The van der Waals surface area contributed by atoms with Crippen LogP contribution in [0.5, 0.6) is 5.75 Å². The van der Waals surface area contributed by atoms with E-state index < -0.39 is 70.0 Å². The van der Waals surface area contributed by atoms with Gasteiger partial charge in [0, 0.05) is 34.7 Å². The van der Waals surface area contributed by atoms with Crippen molar-refractivity contribution in [2.75, 3.05) is 13.2 Å². The number of unbranched alkanes of at least 4 members (excludes halogenated alkanes) is 2. The van der Waals surface area contributed by atoms with Crippen LogP contribution in [0.3, 0.4) is 0 Å². The molecule has 254 valence electrons. The van der Waals surface area contributed by atoms with Crippen molar-refractivity contribution < 1.29 is 53.7 Å². The maximum atomic E-state index is 15.1. The first-order valence-corrected chi connectivity index (χ1v) is 15.1. The van der Waals surface area contributed by atoms with Gasteiger partial charge < -0.3 is 14.2 Å². The van der Waals surface area contributed by atoms with Crippen molar-refractivity contribution in [1.82, 2.24) is 0 Å². The Balaban J connectivity index is 1.27. The van der Waals surface area contributed by atoms with Crippen LogP contribution in [0.1, 0.15) is 61.2 Å². The van der Waals surface area contributed by atoms with E-state index in [1.807, 2.05) is 0 Å². The maximum Gasteiger partial charge on any atom is 0.432 e. The lowest BCUT2D eigenvalue weighted by molar-refractivity contribution is -0.206. The second kappa shape index (κ2) is 14.9. The Kier molecular flexibility index (Phi) is 10.8. The standard InChI is InChI=1S/C36H29F9O3/c1-2-3-4-5-21-18-46-35(47-19-21)23-10-9-22(27(37)13-23)8-6-20-7-11-26(28(38)12-20)24-14-29(39)33(30(40)15-24)36(44,45)48-25-16-31(41)34(43)32(42)17-25/h6-17,21,35H,2-5,18-19H2,1H3. The molecule has 0 aliphatic carbocycles. The molecule has 0 bridgehead atoms. The van der Waals surface area contributed by atoms with Crippen LogP contribution in [-0.2, 0) is 15.6 Å². The van der Waals surface area contributed by atoms with E-state index in [0.717, 1.165) is 37.8 Å². The van der Waals surface area contributed by atoms with E-state index in [0.29, 0.717) is 36.8 Å². The molecule has 0 atom stereocenters. The van der Waals surface area contributed by atoms with Gasteiger partial charge in [0.05, 0.1) is 13.2 Å². The summed E-state index contributed by atoms with van der Waals surface area (Å²) in [5.74, 6) is -11.9. The number of hydrogen-bond acceptors (Lipinski definition) is 3. The van der Waals surface area contributed by atoms with Gasteiger partial charge in [-0.15, -0.1) is 0 Å². The molecular weight excluding hydrogens is 651 g/mol. The van der Waals surface area contributed by atoms with Gasteiger partial charge >= 0.3 is 6.11 Å². The highest BCUT2D eigenvalue weighted by Crippen LogP contribution is 2.38. The van der Waals surface area contributed by atoms with E-state index in [1.54, 1.807) is 6.07 Å². The van der Waals surface area contributed by atoms with Crippen LogP contribution in [0.15, 0.2) is 60.7 Å². The quantitative estimate of drug-likeness (QED) is 0.0683. The van der Waals surface area contributed by atoms with Gasteiger partial charge in [0.1, 0.15) is 34.6 Å². The zero-order valence-corrected chi connectivity index (χ0v) is 25.5. The molecule has 1 aliphatic rings. The fourth-order valence-electron chi connectivity index (χ4n) is 5.26. The molecule has 0 radical (unpaired) electrons. The highest BCUT2D eigenvalue weighted by Gasteiger charge is 2.41. The van der Waals surface area contributed by atoms with Gasteiger partial charge in [-0.05, 0) is 41.8 Å². The minimum absolute atomic E-state index is 0.0798. The average Bonchev–Trinajstić information content (AvgIpc) is 3.03. The van der Waals surface area contributed by atoms with Crippen molar-refractivity contribution in [3.05, 3.63) is 124 Å². The smallest absolute Gasteiger partial charge is 0.429 e. The zero-order chi connectivity index (χ0) is 34.6. The molecule has 4 aromatic rings. The molecule has 1 aliphatic heterocycles. The Morgan fingerprint density at radius 3 is 2.00 bits per heavy atom. The van der Waals surface area contributed by atoms with Gasteiger partial charge in [0.2, 0.25) is 0 Å². The molecular formula is C36H29F9O3. The van der Waals surface area contributed by atoms with Crippen LogP contribution in [0.2, 0.25) is 0 Å². The molecule has 0 N–H and O–H groups in total. The Hall–Kier alpha value is -4.29. The highest BCUT2D eigenvalue weighted by molar-refractivity contribution is 5.73. The van der Waals surface area contributed by atoms with Gasteiger partial charge in [0.25, 0.3) is 0 Å². The van der Waals surface area contributed by atoms with Crippen LogP contribution >= 0.6 is 0 Å². The van der Waals surface area contributed by atoms with Crippen molar-refractivity contribution in [3.63, 3.8) is 0 Å². The largest absolute Gasteiger partial charge is 0.432 e. The van der Waals surface area contributed by atoms with Gasteiger partial charge in [-0.3, -0.25) is 0 Å². The summed E-state index contributed by atoms with van der Waals surface area (Å²) in [6.07, 6.45) is 1.69. The van der Waals surface area contributed by atoms with Crippen molar-refractivity contribution >= 4 is 12.2 Å². The first-order chi connectivity index (χ1) is 22.9.